The third-order valence-electron chi connectivity index (χ3n) is 17.1. The van der Waals surface area contributed by atoms with Crippen molar-refractivity contribution in [1.29, 1.82) is 0 Å². The SMILES string of the molecule is CCCCOCC(O[O-])(c1ccccc1)C(OCCCC)OCCCC.CCCCOCC(O[O-])(c1ccccc1)C(OCCCC)OCCCC.CCCCOCC(O[O-])(c1ccccc1)C(OCCCC)OCCCC.CCCCOCC(O[O-])(c1ccccc1)C(OCCCC)OCCCC.[Ti+4]. The van der Waals surface area contributed by atoms with Gasteiger partial charge in [-0.15, -0.1) is 0 Å². The van der Waals surface area contributed by atoms with E-state index >= 15 is 0 Å². The van der Waals surface area contributed by atoms with Gasteiger partial charge in [0.15, 0.2) is 47.6 Å². The summed E-state index contributed by atoms with van der Waals surface area (Å²) >= 11 is 0. The molecule has 20 nitrogen and oxygen atoms in total. The van der Waals surface area contributed by atoms with Crippen molar-refractivity contribution in [1.82, 2.24) is 0 Å². The van der Waals surface area contributed by atoms with Crippen molar-refractivity contribution in [2.45, 2.75) is 285 Å². The van der Waals surface area contributed by atoms with Crippen molar-refractivity contribution >= 4 is 0 Å². The molecule has 0 heterocycles. The van der Waals surface area contributed by atoms with Crippen molar-refractivity contribution < 1.29 is 119 Å². The molecule has 600 valence electrons. The minimum absolute atomic E-state index is 0. The molecule has 21 heteroatoms. The molecule has 0 aliphatic carbocycles. The van der Waals surface area contributed by atoms with Crippen LogP contribution in [-0.4, -0.2) is 131 Å². The fraction of sp³-hybridized carbons (Fsp3) is 0.714. The molecule has 105 heavy (non-hydrogen) atoms. The van der Waals surface area contributed by atoms with Gasteiger partial charge in [0.05, 0.1) is 26.4 Å². The minimum Gasteiger partial charge on any atom is -0.722 e. The first kappa shape index (κ1) is 102. The topological polar surface area (TPSA) is 240 Å². The Bertz CT molecular complexity index is 2060. The van der Waals surface area contributed by atoms with Crippen LogP contribution < -0.4 is 21.0 Å². The van der Waals surface area contributed by atoms with Crippen LogP contribution >= 0.6 is 0 Å². The Balaban J connectivity index is 0.00000137. The number of rotatable bonds is 64. The molecule has 0 aliphatic rings. The van der Waals surface area contributed by atoms with Gasteiger partial charge in [0.25, 0.3) is 0 Å². The van der Waals surface area contributed by atoms with Gasteiger partial charge in [0, 0.05) is 79.3 Å². The fourth-order valence-corrected chi connectivity index (χ4v) is 10.3. The van der Waals surface area contributed by atoms with Gasteiger partial charge >= 0.3 is 21.7 Å². The molecule has 0 aliphatic heterocycles. The zero-order chi connectivity index (χ0) is 76.4. The average molecular weight is 1520 g/mol. The van der Waals surface area contributed by atoms with E-state index in [1.807, 2.05) is 121 Å². The first-order chi connectivity index (χ1) is 51.0. The zero-order valence-electron chi connectivity index (χ0n) is 66.8. The van der Waals surface area contributed by atoms with Crippen molar-refractivity contribution in [2.75, 3.05) is 106 Å². The summed E-state index contributed by atoms with van der Waals surface area (Å²) in [5.41, 5.74) is -2.44. The van der Waals surface area contributed by atoms with Gasteiger partial charge in [-0.05, 0) is 99.3 Å². The molecule has 4 atom stereocenters. The van der Waals surface area contributed by atoms with Crippen LogP contribution in [0.4, 0.5) is 0 Å². The molecule has 0 N–H and O–H groups in total. The summed E-state index contributed by atoms with van der Waals surface area (Å²) in [5.74, 6) is 0. The Morgan fingerprint density at radius 1 is 0.219 bits per heavy atom. The maximum Gasteiger partial charge on any atom is 4.00 e. The molecule has 4 aromatic rings. The molecule has 0 bridgehead atoms. The quantitative estimate of drug-likeness (QED) is 0.0131. The van der Waals surface area contributed by atoms with Gasteiger partial charge < -0.3 is 97.4 Å². The Morgan fingerprint density at radius 3 is 0.476 bits per heavy atom. The molecule has 0 amide bonds. The Hall–Kier alpha value is -3.21. The van der Waals surface area contributed by atoms with E-state index in [-0.39, 0.29) is 48.1 Å². The second kappa shape index (κ2) is 68.8. The number of ether oxygens (including phenoxy) is 12. The molecule has 0 fully saturated rings. The van der Waals surface area contributed by atoms with Gasteiger partial charge in [-0.25, -0.2) is 0 Å². The molecule has 4 aromatic carbocycles. The molecule has 0 spiro atoms. The van der Waals surface area contributed by atoms with E-state index in [4.69, 9.17) is 76.4 Å². The van der Waals surface area contributed by atoms with Crippen LogP contribution in [-0.2, 0) is 121 Å². The fourth-order valence-electron chi connectivity index (χ4n) is 10.3. The van der Waals surface area contributed by atoms with Crippen molar-refractivity contribution in [2.24, 2.45) is 0 Å². The molecule has 0 aromatic heterocycles. The Labute approximate surface area is 649 Å². The van der Waals surface area contributed by atoms with E-state index in [0.29, 0.717) is 102 Å². The van der Waals surface area contributed by atoms with Gasteiger partial charge in [-0.1, -0.05) is 281 Å². The molecular weight excluding hydrogens is 1380 g/mol. The van der Waals surface area contributed by atoms with Gasteiger partial charge in [0.1, 0.15) is 0 Å². The summed E-state index contributed by atoms with van der Waals surface area (Å²) in [5, 5.41) is 47.9. The summed E-state index contributed by atoms with van der Waals surface area (Å²) < 4.78 is 70.9. The van der Waals surface area contributed by atoms with Gasteiger partial charge in [-0.2, -0.15) is 0 Å². The van der Waals surface area contributed by atoms with E-state index in [2.05, 4.69) is 83.1 Å². The molecule has 4 unspecified atom stereocenters. The average Bonchev–Trinajstić information content (AvgIpc) is 0.820. The summed E-state index contributed by atoms with van der Waals surface area (Å²) in [4.78, 5) is 19.2. The molecule has 0 saturated carbocycles. The van der Waals surface area contributed by atoms with E-state index in [1.54, 1.807) is 0 Å². The number of hydrogen-bond donors (Lipinski definition) is 0. The standard InChI is InChI=1S/4C21H36O5.Ti/c4*1-4-7-15-23-18-21(26-22,19-13-11-10-12-14-19)20(24-16-8-5-2)25-17-9-6-3;/h4*10-14,20,22H,4-9,15-18H2,1-3H3;/q;;;;+4/p-4. The van der Waals surface area contributed by atoms with E-state index < -0.39 is 47.6 Å². The predicted octanol–water partition coefficient (Wildman–Crippen LogP) is 15.8. The first-order valence-electron chi connectivity index (χ1n) is 39.7. The summed E-state index contributed by atoms with van der Waals surface area (Å²) in [6, 6.07) is 37.5. The first-order valence-corrected chi connectivity index (χ1v) is 39.7. The minimum atomic E-state index is -1.32. The van der Waals surface area contributed by atoms with Crippen LogP contribution in [0.2, 0.25) is 0 Å². The number of hydrogen-bond acceptors (Lipinski definition) is 20. The molecule has 0 radical (unpaired) electrons. The second-order valence-electron chi connectivity index (χ2n) is 26.1. The Kier molecular flexibility index (Phi) is 66.7. The van der Waals surface area contributed by atoms with Crippen LogP contribution in [0.15, 0.2) is 121 Å². The summed E-state index contributed by atoms with van der Waals surface area (Å²) in [6.07, 6.45) is 19.8. The van der Waals surface area contributed by atoms with Crippen LogP contribution in [0.25, 0.3) is 0 Å². The predicted molar refractivity (Wildman–Crippen MR) is 402 cm³/mol. The zero-order valence-corrected chi connectivity index (χ0v) is 68.4. The molecular formula is C84H140O20Ti. The van der Waals surface area contributed by atoms with Crippen molar-refractivity contribution in [3.8, 4) is 0 Å². The normalized spacial score (nSPS) is 13.8. The largest absolute Gasteiger partial charge is 4.00 e. The number of benzene rings is 4. The third-order valence-corrected chi connectivity index (χ3v) is 17.1. The monoisotopic (exact) mass is 1520 g/mol. The van der Waals surface area contributed by atoms with E-state index in [0.717, 1.165) is 154 Å². The van der Waals surface area contributed by atoms with Crippen molar-refractivity contribution in [3.05, 3.63) is 144 Å². The third kappa shape index (κ3) is 40.0. The Morgan fingerprint density at radius 2 is 0.352 bits per heavy atom. The maximum absolute atomic E-state index is 12.0. The number of unbranched alkanes of at least 4 members (excludes halogenated alkanes) is 12. The summed E-state index contributed by atoms with van der Waals surface area (Å²) in [6.45, 7) is 32.0. The molecule has 0 saturated heterocycles. The van der Waals surface area contributed by atoms with Crippen LogP contribution in [0.3, 0.4) is 0 Å². The summed E-state index contributed by atoms with van der Waals surface area (Å²) in [7, 11) is 0. The van der Waals surface area contributed by atoms with Crippen LogP contribution in [0, 0.1) is 0 Å². The van der Waals surface area contributed by atoms with E-state index in [1.165, 1.54) is 0 Å². The molecule has 4 rings (SSSR count). The second-order valence-corrected chi connectivity index (χ2v) is 26.1. The van der Waals surface area contributed by atoms with Gasteiger partial charge in [0.2, 0.25) is 0 Å². The van der Waals surface area contributed by atoms with Crippen molar-refractivity contribution in [3.63, 3.8) is 0 Å². The van der Waals surface area contributed by atoms with Crippen LogP contribution in [0.5, 0.6) is 0 Å². The van der Waals surface area contributed by atoms with E-state index in [9.17, 15) is 21.0 Å². The smallest absolute Gasteiger partial charge is 0.722 e. The van der Waals surface area contributed by atoms with Gasteiger partial charge in [-0.3, -0.25) is 0 Å². The maximum atomic E-state index is 12.0. The van der Waals surface area contributed by atoms with Crippen LogP contribution in [0.1, 0.15) is 259 Å².